The summed E-state index contributed by atoms with van der Waals surface area (Å²) in [5.41, 5.74) is 0. The molecule has 1 aliphatic rings. The fourth-order valence-corrected chi connectivity index (χ4v) is 2.93. The lowest BCUT2D eigenvalue weighted by atomic mass is 10.0. The van der Waals surface area contributed by atoms with Crippen molar-refractivity contribution < 1.29 is 4.74 Å². The molecule has 3 atom stereocenters. The van der Waals surface area contributed by atoms with Gasteiger partial charge in [-0.15, -0.1) is 0 Å². The number of nitrogens with one attached hydrogen (secondary N) is 2. The Balaban J connectivity index is 2.49. The summed E-state index contributed by atoms with van der Waals surface area (Å²) in [5.74, 6) is 1.69. The SMILES string of the molecule is CCNC(=NCC(C)N1CCOCC1C)NC(C)CCC(C)C. The Morgan fingerprint density at radius 1 is 1.26 bits per heavy atom. The van der Waals surface area contributed by atoms with Gasteiger partial charge in [0.05, 0.1) is 19.8 Å². The first-order valence-electron chi connectivity index (χ1n) is 9.32. The van der Waals surface area contributed by atoms with Gasteiger partial charge in [-0.1, -0.05) is 13.8 Å². The van der Waals surface area contributed by atoms with Gasteiger partial charge in [-0.25, -0.2) is 0 Å². The maximum atomic E-state index is 5.52. The number of aliphatic imine (C=N–C) groups is 1. The molecule has 1 rings (SSSR count). The molecule has 0 aromatic carbocycles. The van der Waals surface area contributed by atoms with E-state index in [2.05, 4.69) is 57.1 Å². The van der Waals surface area contributed by atoms with Crippen molar-refractivity contribution in [3.8, 4) is 0 Å². The molecule has 1 aliphatic heterocycles. The normalized spacial score (nSPS) is 22.9. The molecule has 0 radical (unpaired) electrons. The number of nitrogens with zero attached hydrogens (tertiary/aromatic N) is 2. The van der Waals surface area contributed by atoms with Gasteiger partial charge in [-0.3, -0.25) is 9.89 Å². The van der Waals surface area contributed by atoms with Crippen LogP contribution in [0, 0.1) is 5.92 Å². The molecular formula is C18H38N4O. The highest BCUT2D eigenvalue weighted by molar-refractivity contribution is 5.80. The van der Waals surface area contributed by atoms with E-state index in [0.29, 0.717) is 18.1 Å². The van der Waals surface area contributed by atoms with E-state index in [9.17, 15) is 0 Å². The molecule has 1 heterocycles. The third kappa shape index (κ3) is 8.02. The van der Waals surface area contributed by atoms with Gasteiger partial charge >= 0.3 is 0 Å². The van der Waals surface area contributed by atoms with Crippen molar-refractivity contribution in [3.05, 3.63) is 0 Å². The first kappa shape index (κ1) is 20.2. The van der Waals surface area contributed by atoms with Gasteiger partial charge in [0.1, 0.15) is 0 Å². The molecule has 23 heavy (non-hydrogen) atoms. The topological polar surface area (TPSA) is 48.9 Å². The molecule has 1 fully saturated rings. The van der Waals surface area contributed by atoms with Gasteiger partial charge in [0, 0.05) is 31.2 Å². The Labute approximate surface area is 143 Å². The molecule has 0 aromatic rings. The minimum atomic E-state index is 0.440. The van der Waals surface area contributed by atoms with E-state index in [1.165, 1.54) is 12.8 Å². The predicted octanol–water partition coefficient (Wildman–Crippen LogP) is 2.48. The third-order valence-electron chi connectivity index (χ3n) is 4.40. The standard InChI is InChI=1S/C18H38N4O/c1-7-19-18(21-15(4)9-8-14(2)3)20-12-16(5)22-10-11-23-13-17(22)6/h14-17H,7-13H2,1-6H3,(H2,19,20,21). The average molecular weight is 327 g/mol. The summed E-state index contributed by atoms with van der Waals surface area (Å²) >= 11 is 0. The molecular weight excluding hydrogens is 288 g/mol. The summed E-state index contributed by atoms with van der Waals surface area (Å²) in [6.07, 6.45) is 2.42. The number of rotatable bonds is 8. The third-order valence-corrected chi connectivity index (χ3v) is 4.40. The minimum absolute atomic E-state index is 0.440. The van der Waals surface area contributed by atoms with Crippen molar-refractivity contribution in [2.75, 3.05) is 32.8 Å². The van der Waals surface area contributed by atoms with E-state index in [4.69, 9.17) is 9.73 Å². The fraction of sp³-hybridized carbons (Fsp3) is 0.944. The molecule has 136 valence electrons. The second-order valence-corrected chi connectivity index (χ2v) is 7.25. The van der Waals surface area contributed by atoms with Crippen LogP contribution in [0.2, 0.25) is 0 Å². The zero-order valence-corrected chi connectivity index (χ0v) is 16.1. The molecule has 0 bridgehead atoms. The second kappa shape index (κ2) is 10.9. The lowest BCUT2D eigenvalue weighted by Gasteiger charge is -2.37. The summed E-state index contributed by atoms with van der Waals surface area (Å²) in [5, 5.41) is 6.90. The number of ether oxygens (including phenoxy) is 1. The van der Waals surface area contributed by atoms with Crippen LogP contribution in [0.15, 0.2) is 4.99 Å². The van der Waals surface area contributed by atoms with Crippen molar-refractivity contribution in [2.45, 2.75) is 72.5 Å². The Kier molecular flexibility index (Phi) is 9.56. The number of hydrogen-bond acceptors (Lipinski definition) is 3. The van der Waals surface area contributed by atoms with Crippen LogP contribution in [0.3, 0.4) is 0 Å². The van der Waals surface area contributed by atoms with Crippen LogP contribution in [-0.4, -0.2) is 61.8 Å². The summed E-state index contributed by atoms with van der Waals surface area (Å²) in [7, 11) is 0. The maximum Gasteiger partial charge on any atom is 0.191 e. The summed E-state index contributed by atoms with van der Waals surface area (Å²) in [4.78, 5) is 7.30. The van der Waals surface area contributed by atoms with E-state index in [0.717, 1.165) is 44.7 Å². The zero-order valence-electron chi connectivity index (χ0n) is 16.1. The Morgan fingerprint density at radius 2 is 2.00 bits per heavy atom. The largest absolute Gasteiger partial charge is 0.379 e. The van der Waals surface area contributed by atoms with Crippen molar-refractivity contribution in [3.63, 3.8) is 0 Å². The van der Waals surface area contributed by atoms with Crippen LogP contribution in [0.1, 0.15) is 54.4 Å². The van der Waals surface area contributed by atoms with Gasteiger partial charge in [0.2, 0.25) is 0 Å². The van der Waals surface area contributed by atoms with E-state index < -0.39 is 0 Å². The highest BCUT2D eigenvalue weighted by Crippen LogP contribution is 2.11. The van der Waals surface area contributed by atoms with Crippen LogP contribution in [0.25, 0.3) is 0 Å². The summed E-state index contributed by atoms with van der Waals surface area (Å²) in [6, 6.07) is 1.37. The lowest BCUT2D eigenvalue weighted by Crippen LogP contribution is -2.50. The van der Waals surface area contributed by atoms with E-state index in [1.807, 2.05) is 0 Å². The average Bonchev–Trinajstić information content (AvgIpc) is 2.51. The Hall–Kier alpha value is -0.810. The quantitative estimate of drug-likeness (QED) is 0.531. The lowest BCUT2D eigenvalue weighted by molar-refractivity contribution is -0.0165. The molecule has 0 saturated carbocycles. The van der Waals surface area contributed by atoms with Crippen LogP contribution in [0.4, 0.5) is 0 Å². The number of guanidine groups is 1. The monoisotopic (exact) mass is 326 g/mol. The van der Waals surface area contributed by atoms with Crippen LogP contribution < -0.4 is 10.6 Å². The van der Waals surface area contributed by atoms with Gasteiger partial charge < -0.3 is 15.4 Å². The van der Waals surface area contributed by atoms with E-state index in [-0.39, 0.29) is 0 Å². The molecule has 5 nitrogen and oxygen atoms in total. The first-order chi connectivity index (χ1) is 10.9. The molecule has 0 aliphatic carbocycles. The van der Waals surface area contributed by atoms with E-state index in [1.54, 1.807) is 0 Å². The van der Waals surface area contributed by atoms with Gasteiger partial charge in [0.25, 0.3) is 0 Å². The Bertz CT molecular complexity index is 346. The van der Waals surface area contributed by atoms with Crippen LogP contribution >= 0.6 is 0 Å². The summed E-state index contributed by atoms with van der Waals surface area (Å²) in [6.45, 7) is 17.8. The smallest absolute Gasteiger partial charge is 0.191 e. The fourth-order valence-electron chi connectivity index (χ4n) is 2.93. The van der Waals surface area contributed by atoms with Crippen molar-refractivity contribution in [1.82, 2.24) is 15.5 Å². The molecule has 0 aromatic heterocycles. The molecule has 3 unspecified atom stereocenters. The molecule has 0 amide bonds. The predicted molar refractivity (Wildman–Crippen MR) is 99.1 cm³/mol. The highest BCUT2D eigenvalue weighted by atomic mass is 16.5. The molecule has 2 N–H and O–H groups in total. The van der Waals surface area contributed by atoms with Crippen molar-refractivity contribution in [2.24, 2.45) is 10.9 Å². The molecule has 0 spiro atoms. The molecule has 1 saturated heterocycles. The van der Waals surface area contributed by atoms with Crippen LogP contribution in [0.5, 0.6) is 0 Å². The second-order valence-electron chi connectivity index (χ2n) is 7.25. The molecule has 5 heteroatoms. The first-order valence-corrected chi connectivity index (χ1v) is 9.32. The minimum Gasteiger partial charge on any atom is -0.379 e. The number of morpholine rings is 1. The zero-order chi connectivity index (χ0) is 17.2. The van der Waals surface area contributed by atoms with Crippen molar-refractivity contribution >= 4 is 5.96 Å². The van der Waals surface area contributed by atoms with E-state index >= 15 is 0 Å². The van der Waals surface area contributed by atoms with Gasteiger partial charge in [0.15, 0.2) is 5.96 Å². The van der Waals surface area contributed by atoms with Gasteiger partial charge in [-0.05, 0) is 46.5 Å². The Morgan fingerprint density at radius 3 is 2.61 bits per heavy atom. The van der Waals surface area contributed by atoms with Crippen LogP contribution in [-0.2, 0) is 4.74 Å². The van der Waals surface area contributed by atoms with Gasteiger partial charge in [-0.2, -0.15) is 0 Å². The number of hydrogen-bond donors (Lipinski definition) is 2. The summed E-state index contributed by atoms with van der Waals surface area (Å²) < 4.78 is 5.52. The van der Waals surface area contributed by atoms with Crippen molar-refractivity contribution in [1.29, 1.82) is 0 Å². The highest BCUT2D eigenvalue weighted by Gasteiger charge is 2.23. The maximum absolute atomic E-state index is 5.52.